The van der Waals surface area contributed by atoms with E-state index in [0.717, 1.165) is 55.4 Å². The third kappa shape index (κ3) is 7.71. The zero-order valence-electron chi connectivity index (χ0n) is 23.0. The van der Waals surface area contributed by atoms with Gasteiger partial charge in [0.2, 0.25) is 0 Å². The van der Waals surface area contributed by atoms with Crippen LogP contribution in [0.1, 0.15) is 6.42 Å². The van der Waals surface area contributed by atoms with E-state index in [-0.39, 0.29) is 0 Å². The summed E-state index contributed by atoms with van der Waals surface area (Å²) in [6.45, 7) is 3.49. The summed E-state index contributed by atoms with van der Waals surface area (Å²) in [6, 6.07) is 14.9. The number of ether oxygens (including phenoxy) is 4. The number of carbonyl (C=O) groups excluding carboxylic acids is 1. The number of benzene rings is 3. The van der Waals surface area contributed by atoms with E-state index in [1.54, 1.807) is 55.0 Å². The van der Waals surface area contributed by atoms with Crippen LogP contribution in [0.15, 0.2) is 60.8 Å². The first kappa shape index (κ1) is 29.2. The molecule has 3 aromatic carbocycles. The molecule has 5 rings (SSSR count). The highest BCUT2D eigenvalue weighted by Gasteiger charge is 2.27. The second kappa shape index (κ2) is 13.1. The zero-order chi connectivity index (χ0) is 29.5. The van der Waals surface area contributed by atoms with Crippen LogP contribution < -0.4 is 24.8 Å². The Morgan fingerprint density at radius 1 is 1.00 bits per heavy atom. The van der Waals surface area contributed by atoms with Gasteiger partial charge in [0.05, 0.1) is 32.4 Å². The Kier molecular flexibility index (Phi) is 9.13. The Morgan fingerprint density at radius 3 is 2.57 bits per heavy atom. The molecule has 0 saturated carbocycles. The van der Waals surface area contributed by atoms with Crippen molar-refractivity contribution in [2.75, 3.05) is 58.4 Å². The molecule has 2 N–H and O–H groups in total. The molecule has 1 aromatic heterocycles. The summed E-state index contributed by atoms with van der Waals surface area (Å²) in [7, 11) is 1.59. The van der Waals surface area contributed by atoms with E-state index in [2.05, 4.69) is 15.2 Å². The fraction of sp³-hybridized carbons (Fsp3) is 0.333. The summed E-state index contributed by atoms with van der Waals surface area (Å²) < 4.78 is 60.3. The lowest BCUT2D eigenvalue weighted by atomic mass is 10.1. The summed E-state index contributed by atoms with van der Waals surface area (Å²) in [4.78, 5) is 18.6. The summed E-state index contributed by atoms with van der Waals surface area (Å²) in [6.07, 6.45) is -1.95. The Labute approximate surface area is 240 Å². The molecular formula is C30H31F3N4O5. The van der Waals surface area contributed by atoms with Gasteiger partial charge in [-0.15, -0.1) is 0 Å². The predicted octanol–water partition coefficient (Wildman–Crippen LogP) is 5.97. The van der Waals surface area contributed by atoms with Crippen molar-refractivity contribution in [2.24, 2.45) is 0 Å². The van der Waals surface area contributed by atoms with Crippen LogP contribution in [-0.2, 0) is 4.74 Å². The molecule has 4 aromatic rings. The molecule has 1 fully saturated rings. The molecule has 0 aliphatic carbocycles. The van der Waals surface area contributed by atoms with E-state index in [0.29, 0.717) is 40.8 Å². The Balaban J connectivity index is 1.26. The van der Waals surface area contributed by atoms with Gasteiger partial charge in [-0.05, 0) is 53.6 Å². The van der Waals surface area contributed by atoms with Crippen LogP contribution in [0.3, 0.4) is 0 Å². The van der Waals surface area contributed by atoms with Crippen molar-refractivity contribution < 1.29 is 36.9 Å². The van der Waals surface area contributed by atoms with Crippen LogP contribution in [-0.4, -0.2) is 75.2 Å². The molecule has 1 saturated heterocycles. The number of rotatable bonds is 10. The number of alkyl halides is 3. The number of anilines is 1. The molecule has 1 aliphatic heterocycles. The SMILES string of the molecule is COc1cc2c(Oc3ccc4cc(NC(=O)NCC(F)(F)F)ccc4c3)ccnc2cc1OCCCN1CCOCC1. The molecule has 0 spiro atoms. The molecular weight excluding hydrogens is 553 g/mol. The number of morpholine rings is 1. The van der Waals surface area contributed by atoms with E-state index in [4.69, 9.17) is 18.9 Å². The lowest BCUT2D eigenvalue weighted by Gasteiger charge is -2.26. The number of urea groups is 1. The molecule has 1 aliphatic rings. The number of hydrogen-bond donors (Lipinski definition) is 2. The highest BCUT2D eigenvalue weighted by molar-refractivity contribution is 5.94. The van der Waals surface area contributed by atoms with Gasteiger partial charge in [0.1, 0.15) is 18.0 Å². The van der Waals surface area contributed by atoms with Crippen molar-refractivity contribution in [1.29, 1.82) is 0 Å². The highest BCUT2D eigenvalue weighted by Crippen LogP contribution is 2.37. The van der Waals surface area contributed by atoms with Crippen LogP contribution in [0.5, 0.6) is 23.0 Å². The average molecular weight is 585 g/mol. The standard InChI is InChI=1S/C30H31F3N4O5/c1-39-27-17-24-25(18-28(27)41-12-2-9-37-10-13-40-14-11-37)34-8-7-26(24)42-23-6-4-20-15-22(5-3-21(20)16-23)36-29(38)35-19-30(31,32)33/h3-8,15-18H,2,9-14,19H2,1H3,(H2,35,36,38). The maximum atomic E-state index is 12.3. The molecule has 0 radical (unpaired) electrons. The number of halogens is 3. The Morgan fingerprint density at radius 2 is 1.79 bits per heavy atom. The molecule has 12 heteroatoms. The second-order valence-electron chi connectivity index (χ2n) is 9.73. The summed E-state index contributed by atoms with van der Waals surface area (Å²) in [5.41, 5.74) is 1.05. The van der Waals surface area contributed by atoms with Gasteiger partial charge in [0.15, 0.2) is 11.5 Å². The summed E-state index contributed by atoms with van der Waals surface area (Å²) in [5.74, 6) is 2.33. The van der Waals surface area contributed by atoms with Crippen molar-refractivity contribution >= 4 is 33.4 Å². The maximum absolute atomic E-state index is 12.3. The van der Waals surface area contributed by atoms with E-state index in [1.165, 1.54) is 0 Å². The Hall–Kier alpha value is -4.29. The van der Waals surface area contributed by atoms with Gasteiger partial charge in [-0.1, -0.05) is 12.1 Å². The third-order valence-electron chi connectivity index (χ3n) is 6.71. The molecule has 0 atom stereocenters. The number of amides is 2. The lowest BCUT2D eigenvalue weighted by Crippen LogP contribution is -2.37. The second-order valence-corrected chi connectivity index (χ2v) is 9.73. The summed E-state index contributed by atoms with van der Waals surface area (Å²) in [5, 5.41) is 6.53. The van der Waals surface area contributed by atoms with Gasteiger partial charge in [-0.25, -0.2) is 4.79 Å². The number of hydrogen-bond acceptors (Lipinski definition) is 7. The molecule has 2 heterocycles. The largest absolute Gasteiger partial charge is 0.493 e. The minimum absolute atomic E-state index is 0.363. The van der Waals surface area contributed by atoms with Crippen LogP contribution in [0.2, 0.25) is 0 Å². The predicted molar refractivity (Wildman–Crippen MR) is 153 cm³/mol. The first-order chi connectivity index (χ1) is 20.3. The number of methoxy groups -OCH3 is 1. The number of pyridine rings is 1. The highest BCUT2D eigenvalue weighted by atomic mass is 19.4. The number of aromatic nitrogens is 1. The smallest absolute Gasteiger partial charge is 0.405 e. The minimum Gasteiger partial charge on any atom is -0.493 e. The van der Waals surface area contributed by atoms with Crippen LogP contribution >= 0.6 is 0 Å². The number of fused-ring (bicyclic) bond motifs is 2. The fourth-order valence-corrected chi connectivity index (χ4v) is 4.63. The van der Waals surface area contributed by atoms with Gasteiger partial charge in [0.25, 0.3) is 0 Å². The van der Waals surface area contributed by atoms with Crippen molar-refractivity contribution in [1.82, 2.24) is 15.2 Å². The average Bonchev–Trinajstić information content (AvgIpc) is 2.98. The molecule has 0 unspecified atom stereocenters. The van der Waals surface area contributed by atoms with E-state index in [9.17, 15) is 18.0 Å². The van der Waals surface area contributed by atoms with Crippen molar-refractivity contribution in [2.45, 2.75) is 12.6 Å². The number of nitrogens with one attached hydrogen (secondary N) is 2. The molecule has 222 valence electrons. The van der Waals surface area contributed by atoms with Gasteiger partial charge in [-0.2, -0.15) is 13.2 Å². The molecule has 9 nitrogen and oxygen atoms in total. The molecule has 2 amide bonds. The third-order valence-corrected chi connectivity index (χ3v) is 6.71. The number of carbonyl (C=O) groups is 1. The van der Waals surface area contributed by atoms with Crippen molar-refractivity contribution in [3.63, 3.8) is 0 Å². The van der Waals surface area contributed by atoms with Gasteiger partial charge in [-0.3, -0.25) is 9.88 Å². The topological polar surface area (TPSA) is 94.2 Å². The molecule has 0 bridgehead atoms. The normalized spacial score (nSPS) is 14.1. The summed E-state index contributed by atoms with van der Waals surface area (Å²) >= 11 is 0. The van der Waals surface area contributed by atoms with E-state index < -0.39 is 18.8 Å². The van der Waals surface area contributed by atoms with E-state index in [1.807, 2.05) is 18.2 Å². The molecule has 42 heavy (non-hydrogen) atoms. The lowest BCUT2D eigenvalue weighted by molar-refractivity contribution is -0.122. The van der Waals surface area contributed by atoms with Crippen molar-refractivity contribution in [3.8, 4) is 23.0 Å². The van der Waals surface area contributed by atoms with Crippen LogP contribution in [0.4, 0.5) is 23.7 Å². The van der Waals surface area contributed by atoms with Crippen LogP contribution in [0, 0.1) is 0 Å². The first-order valence-corrected chi connectivity index (χ1v) is 13.5. The van der Waals surface area contributed by atoms with Crippen molar-refractivity contribution in [3.05, 3.63) is 60.8 Å². The minimum atomic E-state index is -4.48. The maximum Gasteiger partial charge on any atom is 0.405 e. The Bertz CT molecular complexity index is 1540. The van der Waals surface area contributed by atoms with Gasteiger partial charge >= 0.3 is 12.2 Å². The van der Waals surface area contributed by atoms with Gasteiger partial charge in [0, 0.05) is 43.0 Å². The fourth-order valence-electron chi connectivity index (χ4n) is 4.63. The van der Waals surface area contributed by atoms with E-state index >= 15 is 0 Å². The monoisotopic (exact) mass is 584 g/mol. The number of nitrogens with zero attached hydrogens (tertiary/aromatic N) is 2. The first-order valence-electron chi connectivity index (χ1n) is 13.5. The van der Waals surface area contributed by atoms with Crippen LogP contribution in [0.25, 0.3) is 21.7 Å². The quantitative estimate of drug-likeness (QED) is 0.222. The zero-order valence-corrected chi connectivity index (χ0v) is 23.0. The van der Waals surface area contributed by atoms with Gasteiger partial charge < -0.3 is 29.6 Å².